The summed E-state index contributed by atoms with van der Waals surface area (Å²) in [6.07, 6.45) is 0. The molecule has 4 N–H and O–H groups in total. The van der Waals surface area contributed by atoms with Crippen molar-refractivity contribution in [1.29, 1.82) is 0 Å². The van der Waals surface area contributed by atoms with Gasteiger partial charge in [-0.3, -0.25) is 14.5 Å². The molecule has 0 aromatic heterocycles. The molecule has 1 saturated heterocycles. The van der Waals surface area contributed by atoms with Gasteiger partial charge in [-0.25, -0.2) is 4.79 Å². The summed E-state index contributed by atoms with van der Waals surface area (Å²) in [6.45, 7) is 1.69. The third-order valence-corrected chi connectivity index (χ3v) is 5.52. The van der Waals surface area contributed by atoms with E-state index in [9.17, 15) is 19.5 Å². The molecule has 126 valence electrons. The van der Waals surface area contributed by atoms with Crippen LogP contribution in [0.15, 0.2) is 41.6 Å². The second-order valence-electron chi connectivity index (χ2n) is 5.72. The number of fused-ring (bicyclic) bond motifs is 1. The van der Waals surface area contributed by atoms with Gasteiger partial charge in [0.05, 0.1) is 0 Å². The Morgan fingerprint density at radius 1 is 1.38 bits per heavy atom. The Labute approximate surface area is 142 Å². The zero-order valence-electron chi connectivity index (χ0n) is 12.9. The number of β-lactam (4-membered cyclic amide) rings is 1. The summed E-state index contributed by atoms with van der Waals surface area (Å²) >= 11 is 1.43. The number of nitrogens with two attached hydrogens (primary N) is 1. The van der Waals surface area contributed by atoms with Crippen molar-refractivity contribution in [1.82, 2.24) is 10.2 Å². The Balaban J connectivity index is 1.71. The van der Waals surface area contributed by atoms with E-state index in [0.717, 1.165) is 0 Å². The number of carbonyl (C=O) groups is 3. The van der Waals surface area contributed by atoms with Crippen LogP contribution >= 0.6 is 11.8 Å². The Morgan fingerprint density at radius 3 is 2.67 bits per heavy atom. The van der Waals surface area contributed by atoms with Crippen LogP contribution in [0.3, 0.4) is 0 Å². The van der Waals surface area contributed by atoms with Crippen LogP contribution in [-0.4, -0.2) is 45.0 Å². The van der Waals surface area contributed by atoms with E-state index >= 15 is 0 Å². The van der Waals surface area contributed by atoms with Crippen molar-refractivity contribution in [3.8, 4) is 0 Å². The Bertz CT molecular complexity index is 734. The van der Waals surface area contributed by atoms with E-state index < -0.39 is 35.2 Å². The first kappa shape index (κ1) is 16.5. The summed E-state index contributed by atoms with van der Waals surface area (Å²) in [7, 11) is 0. The third kappa shape index (κ3) is 2.67. The number of rotatable bonds is 4. The highest BCUT2D eigenvalue weighted by Gasteiger charge is 2.53. The highest BCUT2D eigenvalue weighted by atomic mass is 32.2. The number of aliphatic carboxylic acids is 1. The van der Waals surface area contributed by atoms with E-state index in [4.69, 9.17) is 5.73 Å². The molecular formula is C16H17N3O4S. The van der Waals surface area contributed by atoms with Gasteiger partial charge in [-0.2, -0.15) is 0 Å². The second kappa shape index (κ2) is 6.29. The van der Waals surface area contributed by atoms with Gasteiger partial charge in [-0.1, -0.05) is 30.3 Å². The fourth-order valence-electron chi connectivity index (χ4n) is 2.83. The fourth-order valence-corrected chi connectivity index (χ4v) is 4.12. The standard InChI is InChI=1S/C16H17N3O4S/c1-8-7-24-15-11(14(21)19(15)12(8)16(22)23)18-13(20)10(17)9-5-3-2-4-6-9/h2-6,10-11,15H,7,17H2,1H3,(H,18,20)(H,22,23)/t10-,11+,15?/m0/s1. The molecule has 24 heavy (non-hydrogen) atoms. The smallest absolute Gasteiger partial charge is 0.352 e. The first-order valence-electron chi connectivity index (χ1n) is 7.40. The quantitative estimate of drug-likeness (QED) is 0.682. The molecule has 1 aromatic carbocycles. The minimum Gasteiger partial charge on any atom is -0.477 e. The number of nitrogens with one attached hydrogen (secondary N) is 1. The van der Waals surface area contributed by atoms with Crippen LogP contribution in [0.2, 0.25) is 0 Å². The number of carboxylic acids is 1. The van der Waals surface area contributed by atoms with Crippen molar-refractivity contribution < 1.29 is 19.5 Å². The molecule has 1 aromatic rings. The lowest BCUT2D eigenvalue weighted by atomic mass is 10.0. The van der Waals surface area contributed by atoms with Crippen LogP contribution in [0.25, 0.3) is 0 Å². The van der Waals surface area contributed by atoms with Crippen LogP contribution in [0.4, 0.5) is 0 Å². The zero-order chi connectivity index (χ0) is 17.4. The van der Waals surface area contributed by atoms with E-state index in [-0.39, 0.29) is 5.70 Å². The molecule has 0 spiro atoms. The Morgan fingerprint density at radius 2 is 2.04 bits per heavy atom. The lowest BCUT2D eigenvalue weighted by Crippen LogP contribution is -2.71. The van der Waals surface area contributed by atoms with Crippen LogP contribution in [0.5, 0.6) is 0 Å². The van der Waals surface area contributed by atoms with Crippen molar-refractivity contribution in [2.75, 3.05) is 5.75 Å². The van der Waals surface area contributed by atoms with Gasteiger partial charge in [0.15, 0.2) is 0 Å². The van der Waals surface area contributed by atoms with Crippen molar-refractivity contribution in [2.24, 2.45) is 5.73 Å². The van der Waals surface area contributed by atoms with Gasteiger partial charge in [-0.15, -0.1) is 11.8 Å². The van der Waals surface area contributed by atoms with Crippen LogP contribution in [-0.2, 0) is 14.4 Å². The van der Waals surface area contributed by atoms with Crippen LogP contribution < -0.4 is 11.1 Å². The second-order valence-corrected chi connectivity index (χ2v) is 6.82. The van der Waals surface area contributed by atoms with E-state index in [1.165, 1.54) is 16.7 Å². The average molecular weight is 347 g/mol. The molecule has 0 saturated carbocycles. The molecule has 2 amide bonds. The van der Waals surface area contributed by atoms with Crippen LogP contribution in [0, 0.1) is 0 Å². The maximum atomic E-state index is 12.3. The maximum absolute atomic E-state index is 12.3. The molecule has 7 nitrogen and oxygen atoms in total. The fraction of sp³-hybridized carbons (Fsp3) is 0.312. The lowest BCUT2D eigenvalue weighted by Gasteiger charge is -2.49. The molecule has 1 fully saturated rings. The molecule has 0 bridgehead atoms. The predicted octanol–water partition coefficient (Wildman–Crippen LogP) is 0.445. The highest BCUT2D eigenvalue weighted by Crippen LogP contribution is 2.40. The average Bonchev–Trinajstić information content (AvgIpc) is 2.59. The zero-order valence-corrected chi connectivity index (χ0v) is 13.7. The van der Waals surface area contributed by atoms with Gasteiger partial charge in [0.2, 0.25) is 5.91 Å². The van der Waals surface area contributed by atoms with Crippen molar-refractivity contribution in [3.05, 3.63) is 47.2 Å². The van der Waals surface area contributed by atoms with Crippen molar-refractivity contribution in [3.63, 3.8) is 0 Å². The van der Waals surface area contributed by atoms with E-state index in [2.05, 4.69) is 5.32 Å². The monoisotopic (exact) mass is 347 g/mol. The largest absolute Gasteiger partial charge is 0.477 e. The number of amides is 2. The van der Waals surface area contributed by atoms with Gasteiger partial charge >= 0.3 is 5.97 Å². The maximum Gasteiger partial charge on any atom is 0.352 e. The third-order valence-electron chi connectivity index (χ3n) is 4.10. The van der Waals surface area contributed by atoms with Crippen LogP contribution in [0.1, 0.15) is 18.5 Å². The first-order chi connectivity index (χ1) is 11.4. The van der Waals surface area contributed by atoms with Gasteiger partial charge in [0, 0.05) is 5.75 Å². The minimum atomic E-state index is -1.13. The number of hydrogen-bond acceptors (Lipinski definition) is 5. The number of nitrogens with zero attached hydrogens (tertiary/aromatic N) is 1. The number of benzene rings is 1. The number of carbonyl (C=O) groups excluding carboxylic acids is 2. The summed E-state index contributed by atoms with van der Waals surface area (Å²) in [5.74, 6) is -1.50. The Kier molecular flexibility index (Phi) is 4.33. The lowest BCUT2D eigenvalue weighted by molar-refractivity contribution is -0.150. The molecule has 3 atom stereocenters. The summed E-state index contributed by atoms with van der Waals surface area (Å²) < 4.78 is 0. The normalized spacial score (nSPS) is 24.1. The first-order valence-corrected chi connectivity index (χ1v) is 8.45. The molecule has 2 aliphatic heterocycles. The molecule has 2 aliphatic rings. The summed E-state index contributed by atoms with van der Waals surface area (Å²) in [4.78, 5) is 37.2. The van der Waals surface area contributed by atoms with Crippen molar-refractivity contribution in [2.45, 2.75) is 24.4 Å². The molecular weight excluding hydrogens is 330 g/mol. The SMILES string of the molecule is CC1=C(C(=O)O)N2C(=O)[C@@H](NC(=O)[C@@H](N)c3ccccc3)C2SC1. The number of hydrogen-bond donors (Lipinski definition) is 3. The van der Waals surface area contributed by atoms with Gasteiger partial charge < -0.3 is 16.2 Å². The Hall–Kier alpha value is -2.32. The molecule has 0 radical (unpaired) electrons. The van der Waals surface area contributed by atoms with Gasteiger partial charge in [0.1, 0.15) is 23.2 Å². The molecule has 8 heteroatoms. The van der Waals surface area contributed by atoms with E-state index in [0.29, 0.717) is 16.9 Å². The molecule has 2 heterocycles. The van der Waals surface area contributed by atoms with E-state index in [1.54, 1.807) is 31.2 Å². The number of carboxylic acid groups (broad SMARTS) is 1. The summed E-state index contributed by atoms with van der Waals surface area (Å²) in [5.41, 5.74) is 7.24. The molecule has 0 aliphatic carbocycles. The number of thioether (sulfide) groups is 1. The van der Waals surface area contributed by atoms with Crippen molar-refractivity contribution >= 4 is 29.5 Å². The highest BCUT2D eigenvalue weighted by molar-refractivity contribution is 8.00. The van der Waals surface area contributed by atoms with Gasteiger partial charge in [0.25, 0.3) is 5.91 Å². The minimum absolute atomic E-state index is 0.0154. The van der Waals surface area contributed by atoms with Gasteiger partial charge in [-0.05, 0) is 18.1 Å². The topological polar surface area (TPSA) is 113 Å². The summed E-state index contributed by atoms with van der Waals surface area (Å²) in [5, 5.41) is 11.5. The van der Waals surface area contributed by atoms with E-state index in [1.807, 2.05) is 6.07 Å². The summed E-state index contributed by atoms with van der Waals surface area (Å²) in [6, 6.07) is 7.23. The molecule has 3 rings (SSSR count). The molecule has 1 unspecified atom stereocenters. The predicted molar refractivity (Wildman–Crippen MR) is 88.7 cm³/mol.